The van der Waals surface area contributed by atoms with Crippen molar-refractivity contribution in [2.45, 2.75) is 0 Å². The Morgan fingerprint density at radius 1 is 1.04 bits per heavy atom. The van der Waals surface area contributed by atoms with E-state index in [0.29, 0.717) is 39.0 Å². The number of carbonyl (C=O) groups excluding carboxylic acids is 1. The largest absolute Gasteiger partial charge is 0.493 e. The summed E-state index contributed by atoms with van der Waals surface area (Å²) in [7, 11) is 4.49. The summed E-state index contributed by atoms with van der Waals surface area (Å²) in [6.07, 6.45) is 1.66. The molecule has 3 rings (SSSR count). The molecule has 1 aromatic heterocycles. The summed E-state index contributed by atoms with van der Waals surface area (Å²) in [5, 5.41) is 4.18. The molecule has 0 spiro atoms. The molecule has 0 fully saturated rings. The van der Waals surface area contributed by atoms with E-state index >= 15 is 0 Å². The molecule has 1 heterocycles. The van der Waals surface area contributed by atoms with Gasteiger partial charge in [0.25, 0.3) is 5.91 Å². The number of methoxy groups -OCH3 is 3. The lowest BCUT2D eigenvalue weighted by atomic mass is 10.1. The number of rotatable bonds is 5. The number of fused-ring (bicyclic) bond motifs is 1. The molecule has 6 nitrogen and oxygen atoms in total. The molecular weight excluding hydrogens is 356 g/mol. The van der Waals surface area contributed by atoms with Crippen molar-refractivity contribution in [2.24, 2.45) is 0 Å². The van der Waals surface area contributed by atoms with Crippen LogP contribution in [0.15, 0.2) is 42.6 Å². The summed E-state index contributed by atoms with van der Waals surface area (Å²) in [5.74, 6) is 0.858. The van der Waals surface area contributed by atoms with Crippen molar-refractivity contribution in [3.05, 3.63) is 53.2 Å². The van der Waals surface area contributed by atoms with Crippen molar-refractivity contribution in [1.82, 2.24) is 4.98 Å². The van der Waals surface area contributed by atoms with Gasteiger partial charge in [0.05, 0.1) is 32.5 Å². The van der Waals surface area contributed by atoms with Crippen LogP contribution < -0.4 is 19.5 Å². The number of anilines is 1. The number of ether oxygens (including phenoxy) is 3. The van der Waals surface area contributed by atoms with E-state index in [1.54, 1.807) is 30.5 Å². The standard InChI is InChI=1S/C19H17ClN2O4/c1-24-15-8-12(9-16(25-2)18(15)26-3)19(23)22-14-10-13(20)7-11-5-4-6-21-17(11)14/h4-10H,1-3H3,(H,22,23). The number of hydrogen-bond donors (Lipinski definition) is 1. The van der Waals surface area contributed by atoms with Gasteiger partial charge in [-0.15, -0.1) is 0 Å². The number of carbonyl (C=O) groups is 1. The van der Waals surface area contributed by atoms with Crippen LogP contribution >= 0.6 is 11.6 Å². The summed E-state index contributed by atoms with van der Waals surface area (Å²) >= 11 is 6.15. The first kappa shape index (κ1) is 17.8. The van der Waals surface area contributed by atoms with E-state index in [-0.39, 0.29) is 5.91 Å². The van der Waals surface area contributed by atoms with Crippen LogP contribution in [0.4, 0.5) is 5.69 Å². The predicted molar refractivity (Wildman–Crippen MR) is 101 cm³/mol. The van der Waals surface area contributed by atoms with Crippen LogP contribution in [-0.4, -0.2) is 32.2 Å². The van der Waals surface area contributed by atoms with Crippen molar-refractivity contribution >= 4 is 34.1 Å². The number of nitrogens with zero attached hydrogens (tertiary/aromatic N) is 1. The van der Waals surface area contributed by atoms with Gasteiger partial charge < -0.3 is 19.5 Å². The third-order valence-corrected chi connectivity index (χ3v) is 4.06. The zero-order valence-corrected chi connectivity index (χ0v) is 15.3. The Kier molecular flexibility index (Phi) is 5.14. The van der Waals surface area contributed by atoms with Crippen LogP contribution in [0.25, 0.3) is 10.9 Å². The van der Waals surface area contributed by atoms with Crippen LogP contribution in [0.5, 0.6) is 17.2 Å². The number of halogens is 1. The second-order valence-electron chi connectivity index (χ2n) is 5.40. The maximum atomic E-state index is 12.8. The molecule has 134 valence electrons. The van der Waals surface area contributed by atoms with Crippen molar-refractivity contribution in [3.63, 3.8) is 0 Å². The van der Waals surface area contributed by atoms with Gasteiger partial charge in [0.1, 0.15) is 0 Å². The monoisotopic (exact) mass is 372 g/mol. The minimum atomic E-state index is -0.349. The zero-order chi connectivity index (χ0) is 18.7. The Morgan fingerprint density at radius 2 is 1.73 bits per heavy atom. The first-order chi connectivity index (χ1) is 12.6. The first-order valence-corrected chi connectivity index (χ1v) is 8.10. The Balaban J connectivity index is 2.01. The third-order valence-electron chi connectivity index (χ3n) is 3.84. The Bertz CT molecular complexity index is 950. The first-order valence-electron chi connectivity index (χ1n) is 7.73. The minimum Gasteiger partial charge on any atom is -0.493 e. The SMILES string of the molecule is COc1cc(C(=O)Nc2cc(Cl)cc3cccnc23)cc(OC)c1OC. The lowest BCUT2D eigenvalue weighted by Gasteiger charge is -2.14. The lowest BCUT2D eigenvalue weighted by Crippen LogP contribution is -2.13. The molecule has 0 saturated heterocycles. The van der Waals surface area contributed by atoms with E-state index in [9.17, 15) is 4.79 Å². The molecule has 7 heteroatoms. The van der Waals surface area contributed by atoms with Gasteiger partial charge in [-0.05, 0) is 30.3 Å². The highest BCUT2D eigenvalue weighted by molar-refractivity contribution is 6.32. The van der Waals surface area contributed by atoms with Crippen molar-refractivity contribution < 1.29 is 19.0 Å². The van der Waals surface area contributed by atoms with Gasteiger partial charge >= 0.3 is 0 Å². The highest BCUT2D eigenvalue weighted by Crippen LogP contribution is 2.38. The number of nitrogens with one attached hydrogen (secondary N) is 1. The maximum Gasteiger partial charge on any atom is 0.256 e. The number of aromatic nitrogens is 1. The number of benzene rings is 2. The van der Waals surface area contributed by atoms with Crippen LogP contribution in [0.3, 0.4) is 0 Å². The summed E-state index contributed by atoms with van der Waals surface area (Å²) in [6.45, 7) is 0. The summed E-state index contributed by atoms with van der Waals surface area (Å²) < 4.78 is 15.9. The maximum absolute atomic E-state index is 12.8. The normalized spacial score (nSPS) is 10.5. The fraction of sp³-hybridized carbons (Fsp3) is 0.158. The number of hydrogen-bond acceptors (Lipinski definition) is 5. The van der Waals surface area contributed by atoms with E-state index in [1.165, 1.54) is 21.3 Å². The lowest BCUT2D eigenvalue weighted by molar-refractivity contribution is 0.102. The van der Waals surface area contributed by atoms with Gasteiger partial charge in [-0.25, -0.2) is 0 Å². The summed E-state index contributed by atoms with van der Waals surface area (Å²) in [6, 6.07) is 10.3. The van der Waals surface area contributed by atoms with Crippen LogP contribution in [0.1, 0.15) is 10.4 Å². The molecule has 0 radical (unpaired) electrons. The second-order valence-corrected chi connectivity index (χ2v) is 5.83. The Labute approximate surface area is 155 Å². The fourth-order valence-electron chi connectivity index (χ4n) is 2.66. The molecule has 0 aliphatic carbocycles. The van der Waals surface area contributed by atoms with E-state index in [0.717, 1.165) is 5.39 Å². The van der Waals surface area contributed by atoms with Gasteiger partial charge in [-0.2, -0.15) is 0 Å². The smallest absolute Gasteiger partial charge is 0.256 e. The minimum absolute atomic E-state index is 0.349. The highest BCUT2D eigenvalue weighted by Gasteiger charge is 2.18. The van der Waals surface area contributed by atoms with Crippen molar-refractivity contribution in [1.29, 1.82) is 0 Å². The zero-order valence-electron chi connectivity index (χ0n) is 14.5. The van der Waals surface area contributed by atoms with Gasteiger partial charge in [0.15, 0.2) is 11.5 Å². The van der Waals surface area contributed by atoms with Crippen LogP contribution in [-0.2, 0) is 0 Å². The predicted octanol–water partition coefficient (Wildman–Crippen LogP) is 4.17. The van der Waals surface area contributed by atoms with E-state index in [1.807, 2.05) is 12.1 Å². The topological polar surface area (TPSA) is 69.7 Å². The highest BCUT2D eigenvalue weighted by atomic mass is 35.5. The van der Waals surface area contributed by atoms with Gasteiger partial charge in [-0.3, -0.25) is 9.78 Å². The molecule has 26 heavy (non-hydrogen) atoms. The molecule has 0 bridgehead atoms. The molecule has 0 aliphatic rings. The number of amides is 1. The van der Waals surface area contributed by atoms with E-state index in [2.05, 4.69) is 10.3 Å². The van der Waals surface area contributed by atoms with Crippen LogP contribution in [0.2, 0.25) is 5.02 Å². The Morgan fingerprint density at radius 3 is 2.35 bits per heavy atom. The fourth-order valence-corrected chi connectivity index (χ4v) is 2.88. The molecule has 1 amide bonds. The molecule has 2 aromatic carbocycles. The molecule has 0 unspecified atom stereocenters. The van der Waals surface area contributed by atoms with Crippen LogP contribution in [0, 0.1) is 0 Å². The van der Waals surface area contributed by atoms with Gasteiger partial charge in [0.2, 0.25) is 5.75 Å². The van der Waals surface area contributed by atoms with Crippen molar-refractivity contribution in [3.8, 4) is 17.2 Å². The average Bonchev–Trinajstić information content (AvgIpc) is 2.66. The molecule has 0 saturated carbocycles. The number of pyridine rings is 1. The molecule has 3 aromatic rings. The summed E-state index contributed by atoms with van der Waals surface area (Å²) in [4.78, 5) is 17.1. The van der Waals surface area contributed by atoms with E-state index in [4.69, 9.17) is 25.8 Å². The molecule has 0 atom stereocenters. The van der Waals surface area contributed by atoms with Crippen molar-refractivity contribution in [2.75, 3.05) is 26.6 Å². The molecule has 0 aliphatic heterocycles. The quantitative estimate of drug-likeness (QED) is 0.728. The average molecular weight is 373 g/mol. The van der Waals surface area contributed by atoms with Gasteiger partial charge in [0, 0.05) is 22.2 Å². The second kappa shape index (κ2) is 7.49. The molecule has 1 N–H and O–H groups in total. The Hall–Kier alpha value is -2.99. The summed E-state index contributed by atoms with van der Waals surface area (Å²) in [5.41, 5.74) is 1.52. The molecular formula is C19H17ClN2O4. The third kappa shape index (κ3) is 3.36. The van der Waals surface area contributed by atoms with E-state index < -0.39 is 0 Å². The van der Waals surface area contributed by atoms with Gasteiger partial charge in [-0.1, -0.05) is 17.7 Å².